The summed E-state index contributed by atoms with van der Waals surface area (Å²) in [7, 11) is -3.72. The Morgan fingerprint density at radius 2 is 1.70 bits per heavy atom. The number of aromatic nitrogens is 3. The lowest BCUT2D eigenvalue weighted by molar-refractivity contribution is 0.102. The molecule has 0 saturated carbocycles. The van der Waals surface area contributed by atoms with E-state index in [1.54, 1.807) is 77.7 Å². The van der Waals surface area contributed by atoms with Gasteiger partial charge in [0.1, 0.15) is 0 Å². The molecule has 150 valence electrons. The van der Waals surface area contributed by atoms with Crippen molar-refractivity contribution in [2.45, 2.75) is 4.90 Å². The summed E-state index contributed by atoms with van der Waals surface area (Å²) >= 11 is 0. The van der Waals surface area contributed by atoms with Crippen molar-refractivity contribution in [1.29, 1.82) is 0 Å². The maximum Gasteiger partial charge on any atom is 0.261 e. The van der Waals surface area contributed by atoms with E-state index in [0.29, 0.717) is 22.8 Å². The normalized spacial score (nSPS) is 11.1. The van der Waals surface area contributed by atoms with E-state index >= 15 is 0 Å². The molecular formula is C21H17N5O3S. The predicted molar refractivity (Wildman–Crippen MR) is 113 cm³/mol. The topological polar surface area (TPSA) is 106 Å². The van der Waals surface area contributed by atoms with Gasteiger partial charge in [-0.05, 0) is 48.5 Å². The molecule has 0 atom stereocenters. The van der Waals surface area contributed by atoms with Crippen LogP contribution in [0.2, 0.25) is 0 Å². The van der Waals surface area contributed by atoms with E-state index in [4.69, 9.17) is 0 Å². The van der Waals surface area contributed by atoms with Crippen LogP contribution in [0.4, 0.5) is 11.4 Å². The minimum absolute atomic E-state index is 0.155. The van der Waals surface area contributed by atoms with Crippen LogP contribution < -0.4 is 10.0 Å². The SMILES string of the molecule is O=C(Nc1cccc(NS(=O)(=O)c2ccccc2)c1)c1ccc(-n2cccn2)nc1. The summed E-state index contributed by atoms with van der Waals surface area (Å²) in [6, 6.07) is 19.6. The van der Waals surface area contributed by atoms with Gasteiger partial charge in [0.05, 0.1) is 16.1 Å². The minimum atomic E-state index is -3.72. The molecule has 2 N–H and O–H groups in total. The Labute approximate surface area is 173 Å². The third kappa shape index (κ3) is 4.36. The monoisotopic (exact) mass is 419 g/mol. The predicted octanol–water partition coefficient (Wildman–Crippen LogP) is 3.32. The summed E-state index contributed by atoms with van der Waals surface area (Å²) in [5.41, 5.74) is 1.15. The zero-order chi connectivity index (χ0) is 21.0. The molecule has 30 heavy (non-hydrogen) atoms. The van der Waals surface area contributed by atoms with Crippen molar-refractivity contribution in [2.24, 2.45) is 0 Å². The van der Waals surface area contributed by atoms with Crippen molar-refractivity contribution in [3.63, 3.8) is 0 Å². The van der Waals surface area contributed by atoms with Gasteiger partial charge >= 0.3 is 0 Å². The molecule has 2 aromatic heterocycles. The lowest BCUT2D eigenvalue weighted by Crippen LogP contribution is -2.14. The van der Waals surface area contributed by atoms with Crippen molar-refractivity contribution in [3.8, 4) is 5.82 Å². The zero-order valence-electron chi connectivity index (χ0n) is 15.6. The molecule has 0 fully saturated rings. The van der Waals surface area contributed by atoms with Gasteiger partial charge in [-0.3, -0.25) is 9.52 Å². The van der Waals surface area contributed by atoms with Gasteiger partial charge in [-0.1, -0.05) is 24.3 Å². The number of hydrogen-bond donors (Lipinski definition) is 2. The molecule has 0 bridgehead atoms. The van der Waals surface area contributed by atoms with Crippen LogP contribution in [0, 0.1) is 0 Å². The smallest absolute Gasteiger partial charge is 0.261 e. The summed E-state index contributed by atoms with van der Waals surface area (Å²) in [5, 5.41) is 6.83. The average molecular weight is 419 g/mol. The highest BCUT2D eigenvalue weighted by atomic mass is 32.2. The molecule has 0 aliphatic rings. The molecule has 0 spiro atoms. The molecule has 4 aromatic rings. The molecule has 8 nitrogen and oxygen atoms in total. The number of amides is 1. The zero-order valence-corrected chi connectivity index (χ0v) is 16.5. The number of nitrogens with one attached hydrogen (secondary N) is 2. The van der Waals surface area contributed by atoms with Gasteiger partial charge in [0.25, 0.3) is 15.9 Å². The summed E-state index contributed by atoms with van der Waals surface area (Å²) in [4.78, 5) is 16.9. The molecule has 2 aromatic carbocycles. The molecule has 0 radical (unpaired) electrons. The molecule has 1 amide bonds. The van der Waals surface area contributed by atoms with Crippen LogP contribution in [0.1, 0.15) is 10.4 Å². The van der Waals surface area contributed by atoms with Gasteiger partial charge in [-0.25, -0.2) is 18.1 Å². The number of hydrogen-bond acceptors (Lipinski definition) is 5. The van der Waals surface area contributed by atoms with Crippen molar-refractivity contribution >= 4 is 27.3 Å². The van der Waals surface area contributed by atoms with Gasteiger partial charge in [0, 0.05) is 24.3 Å². The van der Waals surface area contributed by atoms with Crippen molar-refractivity contribution < 1.29 is 13.2 Å². The number of carbonyl (C=O) groups excluding carboxylic acids is 1. The van der Waals surface area contributed by atoms with E-state index in [1.165, 1.54) is 18.3 Å². The maximum absolute atomic E-state index is 12.5. The fraction of sp³-hybridized carbons (Fsp3) is 0. The quantitative estimate of drug-likeness (QED) is 0.499. The number of pyridine rings is 1. The van der Waals surface area contributed by atoms with E-state index < -0.39 is 10.0 Å². The molecule has 0 aliphatic carbocycles. The van der Waals surface area contributed by atoms with E-state index in [9.17, 15) is 13.2 Å². The third-order valence-electron chi connectivity index (χ3n) is 4.18. The number of anilines is 2. The third-order valence-corrected chi connectivity index (χ3v) is 5.57. The first-order valence-corrected chi connectivity index (χ1v) is 10.4. The highest BCUT2D eigenvalue weighted by molar-refractivity contribution is 7.92. The Bertz CT molecular complexity index is 1260. The number of benzene rings is 2. The van der Waals surface area contributed by atoms with Crippen LogP contribution in [-0.2, 0) is 10.0 Å². The Balaban J connectivity index is 1.47. The van der Waals surface area contributed by atoms with Gasteiger partial charge in [-0.2, -0.15) is 5.10 Å². The highest BCUT2D eigenvalue weighted by Gasteiger charge is 2.14. The van der Waals surface area contributed by atoms with Crippen LogP contribution in [0.25, 0.3) is 5.82 Å². The van der Waals surface area contributed by atoms with E-state index in [-0.39, 0.29) is 10.8 Å². The molecule has 0 unspecified atom stereocenters. The van der Waals surface area contributed by atoms with Crippen molar-refractivity contribution in [3.05, 3.63) is 97.0 Å². The van der Waals surface area contributed by atoms with Crippen LogP contribution in [-0.4, -0.2) is 29.1 Å². The number of nitrogens with zero attached hydrogens (tertiary/aromatic N) is 3. The molecule has 4 rings (SSSR count). The first-order chi connectivity index (χ1) is 14.5. The minimum Gasteiger partial charge on any atom is -0.322 e. The van der Waals surface area contributed by atoms with Gasteiger partial charge in [0.2, 0.25) is 0 Å². The maximum atomic E-state index is 12.5. The van der Waals surface area contributed by atoms with E-state index in [2.05, 4.69) is 20.1 Å². The molecule has 0 saturated heterocycles. The summed E-state index contributed by atoms with van der Waals surface area (Å²) in [6.45, 7) is 0. The van der Waals surface area contributed by atoms with Gasteiger partial charge in [-0.15, -0.1) is 0 Å². The Morgan fingerprint density at radius 3 is 2.40 bits per heavy atom. The standard InChI is InChI=1S/C21H17N5O3S/c27-21(16-10-11-20(22-15-16)26-13-5-12-23-26)24-17-6-4-7-18(14-17)25-30(28,29)19-8-2-1-3-9-19/h1-15,25H,(H,24,27). The number of sulfonamides is 1. The van der Waals surface area contributed by atoms with Gasteiger partial charge < -0.3 is 5.32 Å². The van der Waals surface area contributed by atoms with Crippen LogP contribution in [0.5, 0.6) is 0 Å². The Kier molecular flexibility index (Phi) is 5.27. The lowest BCUT2D eigenvalue weighted by Gasteiger charge is -2.10. The first-order valence-electron chi connectivity index (χ1n) is 8.97. The number of carbonyl (C=O) groups is 1. The lowest BCUT2D eigenvalue weighted by atomic mass is 10.2. The highest BCUT2D eigenvalue weighted by Crippen LogP contribution is 2.20. The largest absolute Gasteiger partial charge is 0.322 e. The molecule has 0 aliphatic heterocycles. The fourth-order valence-electron chi connectivity index (χ4n) is 2.74. The first kappa shape index (κ1) is 19.3. The average Bonchev–Trinajstić information content (AvgIpc) is 3.29. The van der Waals surface area contributed by atoms with Crippen molar-refractivity contribution in [2.75, 3.05) is 10.0 Å². The summed E-state index contributed by atoms with van der Waals surface area (Å²) < 4.78 is 29.0. The second-order valence-corrected chi connectivity index (χ2v) is 7.99. The second kappa shape index (κ2) is 8.18. The molecular weight excluding hydrogens is 402 g/mol. The Morgan fingerprint density at radius 1 is 0.900 bits per heavy atom. The summed E-state index contributed by atoms with van der Waals surface area (Å²) in [6.07, 6.45) is 4.85. The van der Waals surface area contributed by atoms with Crippen LogP contribution in [0.3, 0.4) is 0 Å². The number of rotatable bonds is 6. The van der Waals surface area contributed by atoms with Gasteiger partial charge in [0.15, 0.2) is 5.82 Å². The molecule has 9 heteroatoms. The molecule has 2 heterocycles. The van der Waals surface area contributed by atoms with Crippen LogP contribution in [0.15, 0.2) is 96.3 Å². The van der Waals surface area contributed by atoms with Crippen molar-refractivity contribution in [1.82, 2.24) is 14.8 Å². The van der Waals surface area contributed by atoms with E-state index in [1.807, 2.05) is 0 Å². The Hall–Kier alpha value is -3.98. The van der Waals surface area contributed by atoms with Crippen LogP contribution >= 0.6 is 0 Å². The summed E-state index contributed by atoms with van der Waals surface area (Å²) in [5.74, 6) is 0.228. The fourth-order valence-corrected chi connectivity index (χ4v) is 3.81. The van der Waals surface area contributed by atoms with E-state index in [0.717, 1.165) is 0 Å². The second-order valence-electron chi connectivity index (χ2n) is 6.31.